The first-order chi connectivity index (χ1) is 30.4. The van der Waals surface area contributed by atoms with Crippen LogP contribution < -0.4 is 0 Å². The third-order valence-corrected chi connectivity index (χ3v) is 11.7. The van der Waals surface area contributed by atoms with Crippen molar-refractivity contribution in [1.82, 2.24) is 0 Å². The molecule has 0 N–H and O–H groups in total. The highest BCUT2D eigenvalue weighted by atomic mass is 14.2. The van der Waals surface area contributed by atoms with Crippen LogP contribution >= 0.6 is 0 Å². The topological polar surface area (TPSA) is 0 Å². The Bertz CT molecular complexity index is 2370. The molecule has 0 heteroatoms. The largest absolute Gasteiger partial charge is 0.0985 e. The van der Waals surface area contributed by atoms with Crippen molar-refractivity contribution in [3.63, 3.8) is 0 Å². The predicted molar refractivity (Wildman–Crippen MR) is 281 cm³/mol. The smallest absolute Gasteiger partial charge is 0.00678 e. The number of benzene rings is 5. The Kier molecular flexibility index (Phi) is 20.9. The molecule has 0 saturated carbocycles. The summed E-state index contributed by atoms with van der Waals surface area (Å²) in [6.45, 7) is 26.0. The van der Waals surface area contributed by atoms with Crippen molar-refractivity contribution in [3.8, 4) is 11.1 Å². The summed E-state index contributed by atoms with van der Waals surface area (Å²) in [5, 5.41) is 0. The summed E-state index contributed by atoms with van der Waals surface area (Å²) in [5.74, 6) is 1.83. The minimum absolute atomic E-state index is 0.376. The van der Waals surface area contributed by atoms with Crippen LogP contribution in [0.2, 0.25) is 0 Å². The van der Waals surface area contributed by atoms with Gasteiger partial charge in [-0.25, -0.2) is 0 Å². The summed E-state index contributed by atoms with van der Waals surface area (Å²) in [4.78, 5) is 0. The van der Waals surface area contributed by atoms with E-state index in [-0.39, 0.29) is 0 Å². The van der Waals surface area contributed by atoms with Crippen molar-refractivity contribution in [1.29, 1.82) is 0 Å². The summed E-state index contributed by atoms with van der Waals surface area (Å²) < 4.78 is 0. The molecular weight excluding hydrogens is 757 g/mol. The SMILES string of the molecule is C=C/C(=C\C=C(C)C)C1=CC(c2ccccc2)=C[C@@H](c2ccccc2)C1.CCC(C)C.CC[C@H](C)C1=CC=CCC=C1c1cc(-c2ccc(C)cc2)ccc1C.Cc1ccccc1. The van der Waals surface area contributed by atoms with Crippen LogP contribution in [0.4, 0.5) is 0 Å². The fraction of sp³-hybridized carbons (Fsp3) is 0.270. The minimum Gasteiger partial charge on any atom is -0.0985 e. The van der Waals surface area contributed by atoms with E-state index in [0.717, 1.165) is 25.2 Å². The van der Waals surface area contributed by atoms with Crippen LogP contribution in [0.5, 0.6) is 0 Å². The van der Waals surface area contributed by atoms with E-state index < -0.39 is 0 Å². The van der Waals surface area contributed by atoms with Gasteiger partial charge < -0.3 is 0 Å². The van der Waals surface area contributed by atoms with Gasteiger partial charge >= 0.3 is 0 Å². The molecule has 0 nitrogen and oxygen atoms in total. The highest BCUT2D eigenvalue weighted by Crippen LogP contribution is 2.38. The molecule has 326 valence electrons. The molecule has 0 radical (unpaired) electrons. The molecule has 0 bridgehead atoms. The maximum Gasteiger partial charge on any atom is 0.00678 e. The molecule has 0 aromatic heterocycles. The molecule has 0 fully saturated rings. The maximum atomic E-state index is 4.05. The number of aryl methyl sites for hydroxylation is 3. The van der Waals surface area contributed by atoms with Gasteiger partial charge in [0.2, 0.25) is 0 Å². The molecule has 0 aliphatic heterocycles. The zero-order chi connectivity index (χ0) is 45.6. The minimum atomic E-state index is 0.376. The number of hydrogen-bond donors (Lipinski definition) is 0. The van der Waals surface area contributed by atoms with Gasteiger partial charge in [-0.3, -0.25) is 0 Å². The van der Waals surface area contributed by atoms with Gasteiger partial charge in [0, 0.05) is 5.92 Å². The quantitative estimate of drug-likeness (QED) is 0.123. The average molecular weight is 831 g/mol. The first kappa shape index (κ1) is 49.7. The van der Waals surface area contributed by atoms with Gasteiger partial charge in [-0.15, -0.1) is 0 Å². The molecule has 2 aliphatic carbocycles. The highest BCUT2D eigenvalue weighted by Gasteiger charge is 2.20. The van der Waals surface area contributed by atoms with Gasteiger partial charge in [-0.05, 0) is 133 Å². The zero-order valence-corrected chi connectivity index (χ0v) is 40.2. The molecule has 0 spiro atoms. The molecule has 0 unspecified atom stereocenters. The lowest BCUT2D eigenvalue weighted by Crippen LogP contribution is -2.05. The lowest BCUT2D eigenvalue weighted by Gasteiger charge is -2.23. The normalized spacial score (nSPS) is 14.9. The van der Waals surface area contributed by atoms with Gasteiger partial charge in [-0.1, -0.05) is 246 Å². The van der Waals surface area contributed by atoms with Crippen LogP contribution in [-0.4, -0.2) is 0 Å². The second-order valence-corrected chi connectivity index (χ2v) is 17.5. The van der Waals surface area contributed by atoms with Gasteiger partial charge in [0.05, 0.1) is 0 Å². The molecular formula is C63H74. The van der Waals surface area contributed by atoms with E-state index in [1.807, 2.05) is 24.3 Å². The molecule has 2 aliphatic rings. The van der Waals surface area contributed by atoms with Gasteiger partial charge in [-0.2, -0.15) is 0 Å². The second kappa shape index (κ2) is 26.5. The van der Waals surface area contributed by atoms with Crippen LogP contribution in [0.3, 0.4) is 0 Å². The standard InChI is InChI=1S/C26H26.C25H28.C7H8.C5H12/c1-4-21(16-15-20(2)3)24-17-25(22-11-7-5-8-12-22)19-26(18-24)23-13-9-6-10-14-23;1-5-19(3)23-9-7-6-8-10-24(23)25-17-22(16-13-20(25)4)21-14-11-18(2)12-15-21;1-7-5-3-2-4-6-7;1-4-5(2)3/h4-17,19,26H,1,18H2,2-3H3;6-7,9-17,19H,5,8H2,1-4H3;2-6H,1H3;5H,4H2,1-3H3/b21-16+;;;/t26-;19-;;/m00../s1. The Morgan fingerprint density at radius 1 is 0.683 bits per heavy atom. The van der Waals surface area contributed by atoms with Gasteiger partial charge in [0.1, 0.15) is 0 Å². The summed E-state index contributed by atoms with van der Waals surface area (Å²) in [5.41, 5.74) is 18.5. The van der Waals surface area contributed by atoms with Gasteiger partial charge in [0.15, 0.2) is 0 Å². The Morgan fingerprint density at radius 3 is 1.83 bits per heavy atom. The second-order valence-electron chi connectivity index (χ2n) is 17.5. The lowest BCUT2D eigenvalue weighted by atomic mass is 9.81. The number of rotatable bonds is 10. The predicted octanol–water partition coefficient (Wildman–Crippen LogP) is 18.6. The third-order valence-electron chi connectivity index (χ3n) is 11.7. The van der Waals surface area contributed by atoms with Gasteiger partial charge in [0.25, 0.3) is 0 Å². The maximum absolute atomic E-state index is 4.05. The molecule has 0 saturated heterocycles. The third kappa shape index (κ3) is 16.3. The molecule has 7 rings (SSSR count). The first-order valence-corrected chi connectivity index (χ1v) is 23.2. The summed E-state index contributed by atoms with van der Waals surface area (Å²) in [6, 6.07) is 47.3. The van der Waals surface area contributed by atoms with E-state index in [2.05, 4.69) is 240 Å². The van der Waals surface area contributed by atoms with Crippen LogP contribution in [-0.2, 0) is 0 Å². The molecule has 2 atom stereocenters. The van der Waals surface area contributed by atoms with Crippen LogP contribution in [0.1, 0.15) is 113 Å². The van der Waals surface area contributed by atoms with Crippen molar-refractivity contribution < 1.29 is 0 Å². The molecule has 5 aromatic rings. The van der Waals surface area contributed by atoms with Crippen molar-refractivity contribution >= 4 is 11.1 Å². The Morgan fingerprint density at radius 2 is 1.27 bits per heavy atom. The summed E-state index contributed by atoms with van der Waals surface area (Å²) in [6.07, 6.45) is 24.7. The monoisotopic (exact) mass is 831 g/mol. The number of hydrogen-bond acceptors (Lipinski definition) is 0. The average Bonchev–Trinajstić information content (AvgIpc) is 3.57. The fourth-order valence-corrected chi connectivity index (χ4v) is 7.23. The lowest BCUT2D eigenvalue weighted by molar-refractivity contribution is 0.626. The van der Waals surface area contributed by atoms with E-state index in [0.29, 0.717) is 11.8 Å². The molecule has 0 amide bonds. The van der Waals surface area contributed by atoms with E-state index in [1.54, 1.807) is 0 Å². The molecule has 63 heavy (non-hydrogen) atoms. The Balaban J connectivity index is 0.000000219. The van der Waals surface area contributed by atoms with E-state index in [4.69, 9.17) is 0 Å². The van der Waals surface area contributed by atoms with Crippen molar-refractivity contribution in [2.24, 2.45) is 11.8 Å². The zero-order valence-electron chi connectivity index (χ0n) is 40.2. The highest BCUT2D eigenvalue weighted by molar-refractivity contribution is 5.84. The Labute approximate surface area is 383 Å². The summed E-state index contributed by atoms with van der Waals surface area (Å²) >= 11 is 0. The van der Waals surface area contributed by atoms with Crippen LogP contribution in [0.25, 0.3) is 22.3 Å². The molecule has 0 heterocycles. The van der Waals surface area contributed by atoms with Crippen molar-refractivity contribution in [2.75, 3.05) is 0 Å². The Hall–Kier alpha value is -5.98. The van der Waals surface area contributed by atoms with E-state index in [1.165, 1.54) is 84.4 Å². The summed E-state index contributed by atoms with van der Waals surface area (Å²) in [7, 11) is 0. The number of allylic oxidation sites excluding steroid dienone is 15. The van der Waals surface area contributed by atoms with E-state index >= 15 is 0 Å². The van der Waals surface area contributed by atoms with Crippen LogP contribution in [0, 0.1) is 32.6 Å². The van der Waals surface area contributed by atoms with Crippen molar-refractivity contribution in [2.45, 2.75) is 101 Å². The fourth-order valence-electron chi connectivity index (χ4n) is 7.23. The van der Waals surface area contributed by atoms with Crippen LogP contribution in [0.15, 0.2) is 217 Å². The van der Waals surface area contributed by atoms with Crippen molar-refractivity contribution in [3.05, 3.63) is 250 Å². The molecule has 5 aromatic carbocycles. The van der Waals surface area contributed by atoms with E-state index in [9.17, 15) is 0 Å². The first-order valence-electron chi connectivity index (χ1n) is 23.2.